The third-order valence-electron chi connectivity index (χ3n) is 4.68. The van der Waals surface area contributed by atoms with E-state index in [1.807, 2.05) is 6.07 Å². The highest BCUT2D eigenvalue weighted by Crippen LogP contribution is 2.22. The van der Waals surface area contributed by atoms with Crippen molar-refractivity contribution in [2.75, 3.05) is 39.4 Å². The molecule has 2 heterocycles. The average molecular weight is 363 g/mol. The molecule has 0 spiro atoms. The molecule has 0 unspecified atom stereocenters. The highest BCUT2D eigenvalue weighted by atomic mass is 32.2. The normalized spacial score (nSPS) is 22.4. The van der Waals surface area contributed by atoms with Crippen LogP contribution in [0.4, 0.5) is 0 Å². The van der Waals surface area contributed by atoms with Crippen LogP contribution in [0.3, 0.4) is 0 Å². The second-order valence-electron chi connectivity index (χ2n) is 6.26. The van der Waals surface area contributed by atoms with E-state index in [1.54, 1.807) is 29.2 Å². The first-order valence-electron chi connectivity index (χ1n) is 8.38. The van der Waals surface area contributed by atoms with E-state index in [-0.39, 0.29) is 12.5 Å². The van der Waals surface area contributed by atoms with Gasteiger partial charge in [-0.2, -0.15) is 9.57 Å². The quantitative estimate of drug-likeness (QED) is 0.793. The van der Waals surface area contributed by atoms with Crippen LogP contribution in [-0.4, -0.2) is 68.2 Å². The van der Waals surface area contributed by atoms with Gasteiger partial charge in [0.15, 0.2) is 0 Å². The molecule has 25 heavy (non-hydrogen) atoms. The van der Waals surface area contributed by atoms with E-state index in [0.29, 0.717) is 56.8 Å². The molecule has 2 aliphatic rings. The van der Waals surface area contributed by atoms with E-state index >= 15 is 0 Å². The van der Waals surface area contributed by atoms with Gasteiger partial charge in [0.05, 0.1) is 30.1 Å². The molecule has 1 atom stereocenters. The Morgan fingerprint density at radius 1 is 1.16 bits per heavy atom. The number of ether oxygens (including phenoxy) is 1. The maximum absolute atomic E-state index is 12.8. The van der Waals surface area contributed by atoms with Crippen LogP contribution in [0.25, 0.3) is 0 Å². The molecule has 2 aliphatic heterocycles. The largest absolute Gasteiger partial charge is 0.379 e. The summed E-state index contributed by atoms with van der Waals surface area (Å²) in [6.07, 6.45) is 1.23. The van der Waals surface area contributed by atoms with Crippen LogP contribution in [0.2, 0.25) is 0 Å². The molecule has 3 rings (SSSR count). The molecule has 8 heteroatoms. The Bertz CT molecular complexity index is 764. The summed E-state index contributed by atoms with van der Waals surface area (Å²) in [6, 6.07) is 8.43. The van der Waals surface area contributed by atoms with Crippen LogP contribution in [0.1, 0.15) is 28.8 Å². The Morgan fingerprint density at radius 2 is 1.84 bits per heavy atom. The van der Waals surface area contributed by atoms with Crippen molar-refractivity contribution in [3.05, 3.63) is 35.4 Å². The zero-order valence-corrected chi connectivity index (χ0v) is 14.7. The zero-order chi connectivity index (χ0) is 17.9. The van der Waals surface area contributed by atoms with Crippen molar-refractivity contribution in [2.24, 2.45) is 0 Å². The molecule has 1 aromatic carbocycles. The number of nitriles is 1. The molecule has 0 saturated carbocycles. The first-order chi connectivity index (χ1) is 12.0. The van der Waals surface area contributed by atoms with Gasteiger partial charge in [-0.1, -0.05) is 0 Å². The Kier molecular flexibility index (Phi) is 5.37. The fourth-order valence-corrected chi connectivity index (χ4v) is 5.16. The Morgan fingerprint density at radius 3 is 2.48 bits per heavy atom. The van der Waals surface area contributed by atoms with E-state index in [4.69, 9.17) is 10.00 Å². The summed E-state index contributed by atoms with van der Waals surface area (Å²) in [7, 11) is -3.43. The number of hydrogen-bond donors (Lipinski definition) is 0. The van der Waals surface area contributed by atoms with Gasteiger partial charge in [-0.05, 0) is 37.1 Å². The summed E-state index contributed by atoms with van der Waals surface area (Å²) in [5.74, 6) is -0.189. The molecule has 0 aliphatic carbocycles. The number of nitrogens with zero attached hydrogens (tertiary/aromatic N) is 3. The minimum absolute atomic E-state index is 0.189. The maximum atomic E-state index is 12.8. The summed E-state index contributed by atoms with van der Waals surface area (Å²) in [6.45, 7) is 2.34. The van der Waals surface area contributed by atoms with Crippen molar-refractivity contribution in [1.82, 2.24) is 9.21 Å². The fourth-order valence-electron chi connectivity index (χ4n) is 3.25. The lowest BCUT2D eigenvalue weighted by Gasteiger charge is -2.36. The van der Waals surface area contributed by atoms with Gasteiger partial charge in [0.1, 0.15) is 0 Å². The van der Waals surface area contributed by atoms with E-state index in [1.165, 1.54) is 4.31 Å². The first kappa shape index (κ1) is 17.9. The second-order valence-corrected chi connectivity index (χ2v) is 8.47. The molecule has 1 amide bonds. The summed E-state index contributed by atoms with van der Waals surface area (Å²) in [4.78, 5) is 14.3. The van der Waals surface area contributed by atoms with Gasteiger partial charge in [0, 0.05) is 31.7 Å². The molecule has 0 bridgehead atoms. The van der Waals surface area contributed by atoms with Crippen molar-refractivity contribution < 1.29 is 17.9 Å². The fraction of sp³-hybridized carbons (Fsp3) is 0.529. The summed E-state index contributed by atoms with van der Waals surface area (Å²) >= 11 is 0. The lowest BCUT2D eigenvalue weighted by molar-refractivity contribution is 0.0686. The van der Waals surface area contributed by atoms with Gasteiger partial charge >= 0.3 is 0 Å². The van der Waals surface area contributed by atoms with Gasteiger partial charge in [-0.15, -0.1) is 0 Å². The number of amides is 1. The number of benzene rings is 1. The van der Waals surface area contributed by atoms with Crippen LogP contribution < -0.4 is 0 Å². The molecule has 2 fully saturated rings. The highest BCUT2D eigenvalue weighted by Gasteiger charge is 2.37. The first-order valence-corrected chi connectivity index (χ1v) is 9.89. The zero-order valence-electron chi connectivity index (χ0n) is 13.9. The minimum Gasteiger partial charge on any atom is -0.379 e. The van der Waals surface area contributed by atoms with Crippen molar-refractivity contribution in [3.8, 4) is 6.07 Å². The number of hydrogen-bond acceptors (Lipinski definition) is 5. The molecule has 0 N–H and O–H groups in total. The van der Waals surface area contributed by atoms with Gasteiger partial charge in [-0.25, -0.2) is 8.42 Å². The highest BCUT2D eigenvalue weighted by molar-refractivity contribution is 7.89. The summed E-state index contributed by atoms with van der Waals surface area (Å²) < 4.78 is 32.4. The number of carbonyl (C=O) groups is 1. The SMILES string of the molecule is N#Cc1ccc(C(=O)N2CCC[C@H](S(=O)(=O)N3CCOCC3)C2)cc1. The number of sulfonamides is 1. The van der Waals surface area contributed by atoms with Gasteiger partial charge < -0.3 is 9.64 Å². The summed E-state index contributed by atoms with van der Waals surface area (Å²) in [5, 5.41) is 8.27. The van der Waals surface area contributed by atoms with Crippen molar-refractivity contribution in [3.63, 3.8) is 0 Å². The molecule has 2 saturated heterocycles. The second kappa shape index (κ2) is 7.52. The van der Waals surface area contributed by atoms with E-state index < -0.39 is 15.3 Å². The van der Waals surface area contributed by atoms with Crippen molar-refractivity contribution in [1.29, 1.82) is 5.26 Å². The number of carbonyl (C=O) groups excluding carboxylic acids is 1. The molecule has 134 valence electrons. The Hall–Kier alpha value is -1.95. The lowest BCUT2D eigenvalue weighted by atomic mass is 10.1. The third-order valence-corrected chi connectivity index (χ3v) is 6.99. The predicted molar refractivity (Wildman–Crippen MR) is 91.4 cm³/mol. The summed E-state index contributed by atoms with van der Waals surface area (Å²) in [5.41, 5.74) is 0.964. The number of piperidine rings is 1. The monoisotopic (exact) mass is 363 g/mol. The topological polar surface area (TPSA) is 90.7 Å². The minimum atomic E-state index is -3.43. The smallest absolute Gasteiger partial charge is 0.253 e. The molecule has 7 nitrogen and oxygen atoms in total. The standard InChI is InChI=1S/C17H21N3O4S/c18-12-14-3-5-15(6-4-14)17(21)19-7-1-2-16(13-19)25(22,23)20-8-10-24-11-9-20/h3-6,16H,1-2,7-11,13H2/t16-/m0/s1. The van der Waals surface area contributed by atoms with Crippen LogP contribution in [0, 0.1) is 11.3 Å². The third kappa shape index (κ3) is 3.84. The number of likely N-dealkylation sites (tertiary alicyclic amines) is 1. The van der Waals surface area contributed by atoms with Crippen molar-refractivity contribution in [2.45, 2.75) is 18.1 Å². The van der Waals surface area contributed by atoms with Crippen LogP contribution >= 0.6 is 0 Å². The molecular formula is C17H21N3O4S. The van der Waals surface area contributed by atoms with Crippen molar-refractivity contribution >= 4 is 15.9 Å². The van der Waals surface area contributed by atoms with Gasteiger partial charge in [0.2, 0.25) is 10.0 Å². The van der Waals surface area contributed by atoms with E-state index in [9.17, 15) is 13.2 Å². The average Bonchev–Trinajstić information content (AvgIpc) is 2.68. The molecule has 1 aromatic rings. The number of morpholine rings is 1. The molecule has 0 radical (unpaired) electrons. The van der Waals surface area contributed by atoms with Crippen LogP contribution in [-0.2, 0) is 14.8 Å². The van der Waals surface area contributed by atoms with Gasteiger partial charge in [-0.3, -0.25) is 4.79 Å². The van der Waals surface area contributed by atoms with Crippen LogP contribution in [0.15, 0.2) is 24.3 Å². The molecule has 0 aromatic heterocycles. The van der Waals surface area contributed by atoms with Crippen LogP contribution in [0.5, 0.6) is 0 Å². The number of rotatable bonds is 3. The molecular weight excluding hydrogens is 342 g/mol. The Labute approximate surface area is 147 Å². The van der Waals surface area contributed by atoms with E-state index in [2.05, 4.69) is 0 Å². The van der Waals surface area contributed by atoms with E-state index in [0.717, 1.165) is 0 Å². The lowest BCUT2D eigenvalue weighted by Crippen LogP contribution is -2.51. The predicted octanol–water partition coefficient (Wildman–Crippen LogP) is 0.825. The van der Waals surface area contributed by atoms with Gasteiger partial charge in [0.25, 0.3) is 5.91 Å². The Balaban J connectivity index is 1.71. The maximum Gasteiger partial charge on any atom is 0.253 e.